The van der Waals surface area contributed by atoms with E-state index in [0.29, 0.717) is 5.76 Å². The zero-order valence-corrected chi connectivity index (χ0v) is 7.95. The zero-order valence-electron chi connectivity index (χ0n) is 7.95. The summed E-state index contributed by atoms with van der Waals surface area (Å²) in [6.45, 7) is 5.65. The summed E-state index contributed by atoms with van der Waals surface area (Å²) in [5.74, 6) is 0.588. The molecule has 13 heavy (non-hydrogen) atoms. The second kappa shape index (κ2) is 4.12. The van der Waals surface area contributed by atoms with Crippen molar-refractivity contribution in [3.05, 3.63) is 24.5 Å². The Bertz CT molecular complexity index is 243. The molecule has 1 fully saturated rings. The van der Waals surface area contributed by atoms with Gasteiger partial charge in [-0.2, -0.15) is 0 Å². The van der Waals surface area contributed by atoms with Crippen molar-refractivity contribution in [1.29, 1.82) is 0 Å². The van der Waals surface area contributed by atoms with E-state index in [1.54, 1.807) is 6.08 Å². The summed E-state index contributed by atoms with van der Waals surface area (Å²) in [5, 5.41) is 0. The topological polar surface area (TPSA) is 35.5 Å². The molecule has 0 aliphatic carbocycles. The highest BCUT2D eigenvalue weighted by Gasteiger charge is 2.26. The summed E-state index contributed by atoms with van der Waals surface area (Å²) in [6.07, 6.45) is 4.06. The van der Waals surface area contributed by atoms with Gasteiger partial charge < -0.3 is 9.47 Å². The van der Waals surface area contributed by atoms with Gasteiger partial charge in [-0.25, -0.2) is 4.79 Å². The standard InChI is InChI=1S/C10H14O3/c1-4-8-5-7(2)9(13-8)6-10(11)12-3/h4,6-8H,1,5H2,2-3H3/b9-6+. The van der Waals surface area contributed by atoms with Crippen LogP contribution >= 0.6 is 0 Å². The number of esters is 1. The lowest BCUT2D eigenvalue weighted by Crippen LogP contribution is -2.00. The van der Waals surface area contributed by atoms with Gasteiger partial charge >= 0.3 is 5.97 Å². The van der Waals surface area contributed by atoms with Crippen molar-refractivity contribution in [1.82, 2.24) is 0 Å². The number of carbonyl (C=O) groups excluding carboxylic acids is 1. The first-order chi connectivity index (χ1) is 6.17. The molecule has 0 saturated carbocycles. The van der Waals surface area contributed by atoms with Crippen LogP contribution in [0.4, 0.5) is 0 Å². The van der Waals surface area contributed by atoms with Gasteiger partial charge in [-0.3, -0.25) is 0 Å². The molecule has 1 rings (SSSR count). The lowest BCUT2D eigenvalue weighted by molar-refractivity contribution is -0.135. The highest BCUT2D eigenvalue weighted by atomic mass is 16.5. The summed E-state index contributed by atoms with van der Waals surface area (Å²) < 4.78 is 9.95. The van der Waals surface area contributed by atoms with Crippen LogP contribution < -0.4 is 0 Å². The lowest BCUT2D eigenvalue weighted by atomic mass is 10.1. The zero-order chi connectivity index (χ0) is 9.84. The number of ether oxygens (including phenoxy) is 2. The Kier molecular flexibility index (Phi) is 3.12. The summed E-state index contributed by atoms with van der Waals surface area (Å²) in [7, 11) is 1.35. The maximum absolute atomic E-state index is 10.9. The molecule has 0 N–H and O–H groups in total. The van der Waals surface area contributed by atoms with Crippen molar-refractivity contribution in [3.63, 3.8) is 0 Å². The van der Waals surface area contributed by atoms with Gasteiger partial charge in [0, 0.05) is 5.92 Å². The molecule has 0 aromatic heterocycles. The molecule has 2 unspecified atom stereocenters. The predicted molar refractivity (Wildman–Crippen MR) is 49.0 cm³/mol. The van der Waals surface area contributed by atoms with Crippen LogP contribution in [0.5, 0.6) is 0 Å². The van der Waals surface area contributed by atoms with Crippen molar-refractivity contribution in [2.75, 3.05) is 7.11 Å². The number of carbonyl (C=O) groups is 1. The molecule has 0 bridgehead atoms. The third kappa shape index (κ3) is 2.34. The van der Waals surface area contributed by atoms with Crippen LogP contribution in [-0.2, 0) is 14.3 Å². The van der Waals surface area contributed by atoms with Crippen LogP contribution in [0.2, 0.25) is 0 Å². The molecule has 0 aromatic rings. The van der Waals surface area contributed by atoms with E-state index in [1.165, 1.54) is 13.2 Å². The van der Waals surface area contributed by atoms with E-state index in [1.807, 2.05) is 6.92 Å². The molecule has 3 nitrogen and oxygen atoms in total. The van der Waals surface area contributed by atoms with Gasteiger partial charge in [0.2, 0.25) is 0 Å². The third-order valence-corrected chi connectivity index (χ3v) is 2.08. The molecule has 0 radical (unpaired) electrons. The molecule has 2 atom stereocenters. The molecule has 0 amide bonds. The largest absolute Gasteiger partial charge is 0.490 e. The molecule has 1 aliphatic heterocycles. The molecule has 1 aliphatic rings. The van der Waals surface area contributed by atoms with Gasteiger partial charge in [-0.15, -0.1) is 0 Å². The van der Waals surface area contributed by atoms with Gasteiger partial charge in [0.25, 0.3) is 0 Å². The van der Waals surface area contributed by atoms with Crippen LogP contribution in [0.3, 0.4) is 0 Å². The Morgan fingerprint density at radius 2 is 2.46 bits per heavy atom. The van der Waals surface area contributed by atoms with Crippen molar-refractivity contribution in [2.45, 2.75) is 19.4 Å². The molecule has 3 heteroatoms. The first-order valence-corrected chi connectivity index (χ1v) is 4.26. The molecular weight excluding hydrogens is 168 g/mol. The van der Waals surface area contributed by atoms with E-state index < -0.39 is 0 Å². The van der Waals surface area contributed by atoms with Gasteiger partial charge in [-0.1, -0.05) is 19.6 Å². The fraction of sp³-hybridized carbons (Fsp3) is 0.500. The third-order valence-electron chi connectivity index (χ3n) is 2.08. The van der Waals surface area contributed by atoms with Crippen LogP contribution in [0, 0.1) is 5.92 Å². The number of rotatable bonds is 2. The minimum atomic E-state index is -0.369. The van der Waals surface area contributed by atoms with Gasteiger partial charge in [-0.05, 0) is 6.42 Å². The Balaban J connectivity index is 2.66. The highest BCUT2D eigenvalue weighted by molar-refractivity contribution is 5.82. The van der Waals surface area contributed by atoms with Gasteiger partial charge in [0.15, 0.2) is 0 Å². The normalized spacial score (nSPS) is 29.8. The Labute approximate surface area is 78.0 Å². The van der Waals surface area contributed by atoms with E-state index >= 15 is 0 Å². The van der Waals surface area contributed by atoms with Crippen LogP contribution in [0.25, 0.3) is 0 Å². The molecular formula is C10H14O3. The quantitative estimate of drug-likeness (QED) is 0.370. The van der Waals surface area contributed by atoms with Gasteiger partial charge in [0.05, 0.1) is 13.2 Å². The first-order valence-electron chi connectivity index (χ1n) is 4.26. The maximum atomic E-state index is 10.9. The van der Waals surface area contributed by atoms with Crippen molar-refractivity contribution in [3.8, 4) is 0 Å². The van der Waals surface area contributed by atoms with E-state index in [-0.39, 0.29) is 18.0 Å². The summed E-state index contributed by atoms with van der Waals surface area (Å²) in [6, 6.07) is 0. The number of allylic oxidation sites excluding steroid dienone is 1. The summed E-state index contributed by atoms with van der Waals surface area (Å²) in [5.41, 5.74) is 0. The number of hydrogen-bond donors (Lipinski definition) is 0. The molecule has 1 saturated heterocycles. The van der Waals surface area contributed by atoms with Crippen molar-refractivity contribution < 1.29 is 14.3 Å². The molecule has 0 aromatic carbocycles. The minimum absolute atomic E-state index is 0.0332. The second-order valence-electron chi connectivity index (χ2n) is 3.10. The first kappa shape index (κ1) is 9.84. The van der Waals surface area contributed by atoms with E-state index in [9.17, 15) is 4.79 Å². The average molecular weight is 182 g/mol. The summed E-state index contributed by atoms with van der Waals surface area (Å²) >= 11 is 0. The minimum Gasteiger partial charge on any atom is -0.490 e. The second-order valence-corrected chi connectivity index (χ2v) is 3.10. The smallest absolute Gasteiger partial charge is 0.333 e. The average Bonchev–Trinajstić information content (AvgIpc) is 2.47. The highest BCUT2D eigenvalue weighted by Crippen LogP contribution is 2.29. The van der Waals surface area contributed by atoms with Crippen molar-refractivity contribution >= 4 is 5.97 Å². The van der Waals surface area contributed by atoms with Crippen LogP contribution in [-0.4, -0.2) is 19.2 Å². The Morgan fingerprint density at radius 3 is 2.92 bits per heavy atom. The Hall–Kier alpha value is -1.25. The SMILES string of the molecule is C=CC1CC(C)/C(=C\C(=O)OC)O1. The van der Waals surface area contributed by atoms with Crippen LogP contribution in [0.1, 0.15) is 13.3 Å². The fourth-order valence-corrected chi connectivity index (χ4v) is 1.30. The van der Waals surface area contributed by atoms with E-state index in [4.69, 9.17) is 4.74 Å². The molecule has 72 valence electrons. The maximum Gasteiger partial charge on any atom is 0.333 e. The van der Waals surface area contributed by atoms with Crippen molar-refractivity contribution in [2.24, 2.45) is 5.92 Å². The monoisotopic (exact) mass is 182 g/mol. The molecule has 0 spiro atoms. The lowest BCUT2D eigenvalue weighted by Gasteiger charge is -2.04. The number of methoxy groups -OCH3 is 1. The molecule has 1 heterocycles. The number of hydrogen-bond acceptors (Lipinski definition) is 3. The summed E-state index contributed by atoms with van der Waals surface area (Å²) in [4.78, 5) is 10.9. The van der Waals surface area contributed by atoms with Crippen LogP contribution in [0.15, 0.2) is 24.5 Å². The Morgan fingerprint density at radius 1 is 1.77 bits per heavy atom. The van der Waals surface area contributed by atoms with Gasteiger partial charge in [0.1, 0.15) is 11.9 Å². The predicted octanol–water partition coefficient (Wildman–Crippen LogP) is 1.65. The van der Waals surface area contributed by atoms with E-state index in [0.717, 1.165) is 6.42 Å². The fourth-order valence-electron chi connectivity index (χ4n) is 1.30. The van der Waals surface area contributed by atoms with E-state index in [2.05, 4.69) is 11.3 Å².